The van der Waals surface area contributed by atoms with E-state index in [-0.39, 0.29) is 38.5 Å². The third kappa shape index (κ3) is 12.2. The molecule has 302 valence electrons. The van der Waals surface area contributed by atoms with Crippen molar-refractivity contribution in [1.29, 1.82) is 0 Å². The highest BCUT2D eigenvalue weighted by atomic mass is 16.6. The van der Waals surface area contributed by atoms with Crippen molar-refractivity contribution < 1.29 is 67.9 Å². The molecule has 0 saturated carbocycles. The zero-order valence-electron chi connectivity index (χ0n) is 30.3. The molecule has 0 radical (unpaired) electrons. The molecule has 5 atom stereocenters. The van der Waals surface area contributed by atoms with Crippen molar-refractivity contribution in [3.05, 3.63) is 59.7 Å². The third-order valence-electron chi connectivity index (χ3n) is 8.94. The van der Waals surface area contributed by atoms with Gasteiger partial charge in [0.1, 0.15) is 37.5 Å². The lowest BCUT2D eigenvalue weighted by Gasteiger charge is -2.18. The van der Waals surface area contributed by atoms with Gasteiger partial charge in [0.15, 0.2) is 0 Å². The van der Waals surface area contributed by atoms with E-state index in [0.717, 1.165) is 29.4 Å². The fourth-order valence-electron chi connectivity index (χ4n) is 6.00. The molecule has 2 aliphatic rings. The van der Waals surface area contributed by atoms with Crippen molar-refractivity contribution in [1.82, 2.24) is 31.9 Å². The number of nitrogens with one attached hydrogen (secondary N) is 6. The largest absolute Gasteiger partial charge is 0.480 e. The first-order valence-corrected chi connectivity index (χ1v) is 17.5. The molecule has 2 aromatic rings. The van der Waals surface area contributed by atoms with Gasteiger partial charge < -0.3 is 61.4 Å². The molecule has 6 amide bonds. The third-order valence-corrected chi connectivity index (χ3v) is 8.94. The Kier molecular flexibility index (Phi) is 15.6. The highest BCUT2D eigenvalue weighted by Gasteiger charge is 2.43. The monoisotopic (exact) mass is 784 g/mol. The van der Waals surface area contributed by atoms with E-state index in [1.165, 1.54) is 0 Å². The van der Waals surface area contributed by atoms with Gasteiger partial charge in [0.2, 0.25) is 29.5 Å². The molecule has 56 heavy (non-hydrogen) atoms. The number of hydrogen-bond acceptors (Lipinski definition) is 13. The number of aliphatic carboxylic acids is 1. The maximum Gasteiger partial charge on any atom is 0.407 e. The van der Waals surface area contributed by atoms with Gasteiger partial charge in [-0.15, -0.1) is 0 Å². The Balaban J connectivity index is 1.11. The number of hydrogen-bond donors (Lipinski definition) is 9. The van der Waals surface area contributed by atoms with Gasteiger partial charge in [-0.1, -0.05) is 48.5 Å². The van der Waals surface area contributed by atoms with E-state index in [1.54, 1.807) is 0 Å². The van der Waals surface area contributed by atoms with Crippen molar-refractivity contribution in [2.75, 3.05) is 46.4 Å². The summed E-state index contributed by atoms with van der Waals surface area (Å²) in [7, 11) is 1.14. The minimum Gasteiger partial charge on any atom is -0.480 e. The molecular formula is C36H44N6O14. The van der Waals surface area contributed by atoms with E-state index in [4.69, 9.17) is 9.47 Å². The predicted octanol–water partition coefficient (Wildman–Crippen LogP) is -2.61. The van der Waals surface area contributed by atoms with E-state index in [2.05, 4.69) is 36.6 Å². The second-order valence-electron chi connectivity index (χ2n) is 12.8. The van der Waals surface area contributed by atoms with Crippen LogP contribution in [0.1, 0.15) is 36.3 Å². The number of carbonyl (C=O) groups is 8. The van der Waals surface area contributed by atoms with Crippen molar-refractivity contribution in [3.63, 3.8) is 0 Å². The molecular weight excluding hydrogens is 740 g/mol. The van der Waals surface area contributed by atoms with Gasteiger partial charge in [0.05, 0.1) is 39.3 Å². The quantitative estimate of drug-likeness (QED) is 0.0660. The molecule has 20 heteroatoms. The maximum absolute atomic E-state index is 12.6. The Morgan fingerprint density at radius 2 is 1.21 bits per heavy atom. The second-order valence-corrected chi connectivity index (χ2v) is 12.8. The number of alkyl carbamates (subject to hydrolysis) is 1. The van der Waals surface area contributed by atoms with Crippen LogP contribution in [0.5, 0.6) is 0 Å². The Labute approximate surface area is 320 Å². The van der Waals surface area contributed by atoms with E-state index in [1.807, 2.05) is 48.5 Å². The Bertz CT molecular complexity index is 1740. The zero-order valence-corrected chi connectivity index (χ0v) is 30.3. The Morgan fingerprint density at radius 1 is 0.696 bits per heavy atom. The fraction of sp³-hybridized carbons (Fsp3) is 0.444. The lowest BCUT2D eigenvalue weighted by Crippen LogP contribution is -2.45. The van der Waals surface area contributed by atoms with Gasteiger partial charge in [0.25, 0.3) is 0 Å². The van der Waals surface area contributed by atoms with Crippen LogP contribution in [-0.4, -0.2) is 140 Å². The number of benzene rings is 2. The SMILES string of the molecule is COC(=O)CNC(=O)CNC(=O)CNC(=O)CNC(=O)C[C@@H]1O[C@H](CNC(=O)CC[C@H](NC(=O)OCC2c3ccccc3-c3ccccc32)C(=O)O)[C@@H](O)[C@H]1O. The smallest absolute Gasteiger partial charge is 0.407 e. The number of aliphatic hydroxyl groups excluding tert-OH is 2. The molecule has 1 fully saturated rings. The van der Waals surface area contributed by atoms with Crippen LogP contribution >= 0.6 is 0 Å². The highest BCUT2D eigenvalue weighted by Crippen LogP contribution is 2.44. The van der Waals surface area contributed by atoms with Crippen molar-refractivity contribution in [2.45, 2.75) is 55.6 Å². The number of ether oxygens (including phenoxy) is 3. The molecule has 1 saturated heterocycles. The first kappa shape index (κ1) is 42.6. The summed E-state index contributed by atoms with van der Waals surface area (Å²) in [5.74, 6) is -5.83. The zero-order chi connectivity index (χ0) is 40.8. The summed E-state index contributed by atoms with van der Waals surface area (Å²) in [4.78, 5) is 95.9. The van der Waals surface area contributed by atoms with E-state index in [9.17, 15) is 53.7 Å². The van der Waals surface area contributed by atoms with Crippen LogP contribution in [0, 0.1) is 0 Å². The van der Waals surface area contributed by atoms with Gasteiger partial charge in [-0.3, -0.25) is 28.8 Å². The van der Waals surface area contributed by atoms with Crippen LogP contribution in [0.4, 0.5) is 4.79 Å². The highest BCUT2D eigenvalue weighted by molar-refractivity contribution is 5.90. The average Bonchev–Trinajstić information content (AvgIpc) is 3.65. The summed E-state index contributed by atoms with van der Waals surface area (Å²) >= 11 is 0. The van der Waals surface area contributed by atoms with Crippen LogP contribution in [0.15, 0.2) is 48.5 Å². The van der Waals surface area contributed by atoms with Crippen molar-refractivity contribution in [2.24, 2.45) is 0 Å². The van der Waals surface area contributed by atoms with Crippen LogP contribution < -0.4 is 31.9 Å². The maximum atomic E-state index is 12.6. The minimum absolute atomic E-state index is 0.0347. The Hall–Kier alpha value is -6.12. The summed E-state index contributed by atoms with van der Waals surface area (Å²) in [6.45, 7) is -2.25. The number of aliphatic hydroxyl groups is 2. The van der Waals surface area contributed by atoms with Gasteiger partial charge in [0, 0.05) is 18.9 Å². The van der Waals surface area contributed by atoms with Crippen molar-refractivity contribution >= 4 is 47.6 Å². The molecule has 0 unspecified atom stereocenters. The van der Waals surface area contributed by atoms with E-state index < -0.39 is 104 Å². The number of carboxylic acid groups (broad SMARTS) is 1. The normalized spacial score (nSPS) is 18.6. The van der Waals surface area contributed by atoms with Crippen LogP contribution in [0.25, 0.3) is 11.1 Å². The number of fused-ring (bicyclic) bond motifs is 3. The number of amides is 6. The summed E-state index contributed by atoms with van der Waals surface area (Å²) < 4.78 is 15.3. The van der Waals surface area contributed by atoms with Crippen LogP contribution in [-0.2, 0) is 47.8 Å². The Morgan fingerprint density at radius 3 is 1.77 bits per heavy atom. The lowest BCUT2D eigenvalue weighted by molar-refractivity contribution is -0.141. The summed E-state index contributed by atoms with van der Waals surface area (Å²) in [5.41, 5.74) is 4.02. The molecule has 0 spiro atoms. The number of carbonyl (C=O) groups excluding carboxylic acids is 7. The number of rotatable bonds is 19. The van der Waals surface area contributed by atoms with Gasteiger partial charge in [-0.25, -0.2) is 9.59 Å². The molecule has 1 aliphatic heterocycles. The lowest BCUT2D eigenvalue weighted by atomic mass is 9.98. The predicted molar refractivity (Wildman–Crippen MR) is 191 cm³/mol. The topological polar surface area (TPSA) is 297 Å². The molecule has 2 aromatic carbocycles. The standard InChI is InChI=1S/C36H44N6O14/c1-54-32(48)17-41-31(47)16-40-30(46)15-39-29(45)14-38-28(44)12-25-33(49)34(50)26(56-25)13-37-27(43)11-10-24(35(51)52)42-36(53)55-18-23-21-8-4-2-6-19(21)20-7-3-5-9-22(20)23/h2-9,23-26,33-34,49-50H,10-18H2,1H3,(H,37,43)(H,38,44)(H,39,45)(H,40,46)(H,41,47)(H,42,53)(H,51,52)/t24-,25-,26+,33-,34+/m0/s1. The molecule has 1 aliphatic carbocycles. The molecule has 4 rings (SSSR count). The molecule has 1 heterocycles. The summed E-state index contributed by atoms with van der Waals surface area (Å²) in [6, 6.07) is 14.0. The molecule has 0 bridgehead atoms. The fourth-order valence-corrected chi connectivity index (χ4v) is 6.00. The first-order valence-electron chi connectivity index (χ1n) is 17.5. The second kappa shape index (κ2) is 20.5. The summed E-state index contributed by atoms with van der Waals surface area (Å²) in [6.07, 6.45) is -7.43. The number of esters is 1. The van der Waals surface area contributed by atoms with Gasteiger partial charge in [-0.2, -0.15) is 0 Å². The first-order chi connectivity index (χ1) is 26.8. The summed E-state index contributed by atoms with van der Waals surface area (Å²) in [5, 5.41) is 44.2. The van der Waals surface area contributed by atoms with E-state index >= 15 is 0 Å². The van der Waals surface area contributed by atoms with E-state index in [0.29, 0.717) is 0 Å². The minimum atomic E-state index is -1.53. The van der Waals surface area contributed by atoms with Crippen molar-refractivity contribution in [3.8, 4) is 11.1 Å². The molecule has 0 aromatic heterocycles. The molecule has 20 nitrogen and oxygen atoms in total. The van der Waals surface area contributed by atoms with Crippen LogP contribution in [0.2, 0.25) is 0 Å². The average molecular weight is 785 g/mol. The van der Waals surface area contributed by atoms with Gasteiger partial charge >= 0.3 is 18.0 Å². The number of carboxylic acids is 1. The van der Waals surface area contributed by atoms with Crippen LogP contribution in [0.3, 0.4) is 0 Å². The molecule has 9 N–H and O–H groups in total. The van der Waals surface area contributed by atoms with Gasteiger partial charge in [-0.05, 0) is 28.7 Å². The number of methoxy groups -OCH3 is 1.